The molecule has 25 heavy (non-hydrogen) atoms. The van der Waals surface area contributed by atoms with Gasteiger partial charge in [-0.25, -0.2) is 9.37 Å². The molecular formula is C20H20FN3S. The summed E-state index contributed by atoms with van der Waals surface area (Å²) in [6.07, 6.45) is 0. The van der Waals surface area contributed by atoms with Crippen LogP contribution in [-0.2, 0) is 6.54 Å². The molecule has 4 rings (SSSR count). The van der Waals surface area contributed by atoms with Crippen LogP contribution in [0.2, 0.25) is 0 Å². The van der Waals surface area contributed by atoms with Crippen molar-refractivity contribution < 1.29 is 4.39 Å². The van der Waals surface area contributed by atoms with Gasteiger partial charge in [0.15, 0.2) is 0 Å². The molecule has 5 heteroatoms. The highest BCUT2D eigenvalue weighted by Gasteiger charge is 2.20. The van der Waals surface area contributed by atoms with Gasteiger partial charge >= 0.3 is 0 Å². The molecular weight excluding hydrogens is 333 g/mol. The molecule has 0 amide bonds. The highest BCUT2D eigenvalue weighted by Crippen LogP contribution is 2.25. The van der Waals surface area contributed by atoms with Crippen LogP contribution >= 0.6 is 11.3 Å². The molecule has 1 fully saturated rings. The van der Waals surface area contributed by atoms with E-state index in [2.05, 4.69) is 27.3 Å². The van der Waals surface area contributed by atoms with Crippen LogP contribution in [0.15, 0.2) is 60.0 Å². The lowest BCUT2D eigenvalue weighted by atomic mass is 10.2. The zero-order valence-corrected chi connectivity index (χ0v) is 14.8. The van der Waals surface area contributed by atoms with E-state index in [1.807, 2.05) is 30.3 Å². The molecule has 1 aromatic heterocycles. The van der Waals surface area contributed by atoms with E-state index < -0.39 is 0 Å². The Bertz CT molecular complexity index is 826. The number of piperazine rings is 1. The summed E-state index contributed by atoms with van der Waals surface area (Å²) in [5.74, 6) is -0.136. The van der Waals surface area contributed by atoms with Crippen molar-refractivity contribution in [2.75, 3.05) is 31.1 Å². The summed E-state index contributed by atoms with van der Waals surface area (Å²) < 4.78 is 13.9. The van der Waals surface area contributed by atoms with Crippen LogP contribution in [0, 0.1) is 5.82 Å². The molecule has 0 N–H and O–H groups in total. The SMILES string of the molecule is Fc1ccccc1N1CCN(Cc2csc(-c3ccccc3)n2)CC1. The average molecular weight is 353 g/mol. The standard InChI is InChI=1S/C20H20FN3S/c21-18-8-4-5-9-19(18)24-12-10-23(11-13-24)14-17-15-25-20(22-17)16-6-2-1-3-7-16/h1-9,15H,10-14H2. The summed E-state index contributed by atoms with van der Waals surface area (Å²) in [5.41, 5.74) is 2.99. The van der Waals surface area contributed by atoms with E-state index >= 15 is 0 Å². The van der Waals surface area contributed by atoms with Gasteiger partial charge in [0.1, 0.15) is 10.8 Å². The first kappa shape index (κ1) is 16.2. The fourth-order valence-corrected chi connectivity index (χ4v) is 3.99. The number of benzene rings is 2. The van der Waals surface area contributed by atoms with Gasteiger partial charge < -0.3 is 4.90 Å². The number of aromatic nitrogens is 1. The second-order valence-electron chi connectivity index (χ2n) is 6.22. The second-order valence-corrected chi connectivity index (χ2v) is 7.08. The smallest absolute Gasteiger partial charge is 0.146 e. The van der Waals surface area contributed by atoms with Gasteiger partial charge in [-0.15, -0.1) is 11.3 Å². The molecule has 3 nitrogen and oxygen atoms in total. The molecule has 0 unspecified atom stereocenters. The molecule has 0 saturated carbocycles. The van der Waals surface area contributed by atoms with Crippen LogP contribution in [-0.4, -0.2) is 36.1 Å². The summed E-state index contributed by atoms with van der Waals surface area (Å²) in [6.45, 7) is 4.39. The predicted molar refractivity (Wildman–Crippen MR) is 101 cm³/mol. The molecule has 0 aliphatic carbocycles. The maximum atomic E-state index is 13.9. The normalized spacial score (nSPS) is 15.5. The molecule has 2 aromatic carbocycles. The highest BCUT2D eigenvalue weighted by atomic mass is 32.1. The number of nitrogens with zero attached hydrogens (tertiary/aromatic N) is 3. The first-order valence-electron chi connectivity index (χ1n) is 8.51. The minimum absolute atomic E-state index is 0.136. The van der Waals surface area contributed by atoms with Crippen LogP contribution in [0.1, 0.15) is 5.69 Å². The Morgan fingerprint density at radius 1 is 0.920 bits per heavy atom. The quantitative estimate of drug-likeness (QED) is 0.698. The largest absolute Gasteiger partial charge is 0.367 e. The summed E-state index contributed by atoms with van der Waals surface area (Å²) >= 11 is 1.69. The van der Waals surface area contributed by atoms with Gasteiger partial charge in [0.2, 0.25) is 0 Å². The Morgan fingerprint density at radius 2 is 1.64 bits per heavy atom. The number of hydrogen-bond donors (Lipinski definition) is 0. The van der Waals surface area contributed by atoms with Gasteiger partial charge in [0.05, 0.1) is 11.4 Å². The minimum Gasteiger partial charge on any atom is -0.367 e. The summed E-state index contributed by atoms with van der Waals surface area (Å²) in [4.78, 5) is 9.29. The monoisotopic (exact) mass is 353 g/mol. The number of rotatable bonds is 4. The molecule has 2 heterocycles. The van der Waals surface area contributed by atoms with E-state index in [4.69, 9.17) is 4.98 Å². The first-order chi connectivity index (χ1) is 12.3. The van der Waals surface area contributed by atoms with E-state index in [0.717, 1.165) is 43.4 Å². The lowest BCUT2D eigenvalue weighted by Gasteiger charge is -2.35. The first-order valence-corrected chi connectivity index (χ1v) is 9.39. The van der Waals surface area contributed by atoms with E-state index in [1.165, 1.54) is 11.6 Å². The van der Waals surface area contributed by atoms with Gasteiger partial charge in [-0.2, -0.15) is 0 Å². The summed E-state index contributed by atoms with van der Waals surface area (Å²) in [6, 6.07) is 17.3. The molecule has 0 atom stereocenters. The van der Waals surface area contributed by atoms with Gasteiger partial charge in [0.25, 0.3) is 0 Å². The Balaban J connectivity index is 1.36. The van der Waals surface area contributed by atoms with Gasteiger partial charge in [-0.3, -0.25) is 4.90 Å². The van der Waals surface area contributed by atoms with Gasteiger partial charge in [-0.1, -0.05) is 42.5 Å². The fourth-order valence-electron chi connectivity index (χ4n) is 3.18. The van der Waals surface area contributed by atoms with Crippen molar-refractivity contribution in [1.29, 1.82) is 0 Å². The summed E-state index contributed by atoms with van der Waals surface area (Å²) in [5, 5.41) is 3.21. The van der Waals surface area contributed by atoms with Crippen LogP contribution in [0.4, 0.5) is 10.1 Å². The van der Waals surface area contributed by atoms with Gasteiger partial charge in [0, 0.05) is 43.7 Å². The van der Waals surface area contributed by atoms with E-state index in [0.29, 0.717) is 5.69 Å². The van der Waals surface area contributed by atoms with Crippen molar-refractivity contribution in [3.8, 4) is 10.6 Å². The highest BCUT2D eigenvalue weighted by molar-refractivity contribution is 7.13. The third kappa shape index (κ3) is 3.72. The topological polar surface area (TPSA) is 19.4 Å². The van der Waals surface area contributed by atoms with E-state index in [9.17, 15) is 4.39 Å². The molecule has 1 aliphatic rings. The maximum Gasteiger partial charge on any atom is 0.146 e. The Kier molecular flexibility index (Phi) is 4.76. The van der Waals surface area contributed by atoms with Crippen LogP contribution in [0.3, 0.4) is 0 Å². The Morgan fingerprint density at radius 3 is 2.40 bits per heavy atom. The van der Waals surface area contributed by atoms with Crippen molar-refractivity contribution in [2.24, 2.45) is 0 Å². The Labute approximate surface area is 151 Å². The number of anilines is 1. The predicted octanol–water partition coefficient (Wildman–Crippen LogP) is 4.27. The van der Waals surface area contributed by atoms with Crippen molar-refractivity contribution in [3.63, 3.8) is 0 Å². The molecule has 128 valence electrons. The zero-order chi connectivity index (χ0) is 17.1. The summed E-state index contributed by atoms with van der Waals surface area (Å²) in [7, 11) is 0. The molecule has 0 bridgehead atoms. The number of para-hydroxylation sites is 1. The van der Waals surface area contributed by atoms with Crippen molar-refractivity contribution >= 4 is 17.0 Å². The number of halogens is 1. The van der Waals surface area contributed by atoms with Crippen molar-refractivity contribution in [3.05, 3.63) is 71.5 Å². The minimum atomic E-state index is -0.136. The lowest BCUT2D eigenvalue weighted by molar-refractivity contribution is 0.247. The fraction of sp³-hybridized carbons (Fsp3) is 0.250. The molecule has 0 radical (unpaired) electrons. The number of thiazole rings is 1. The van der Waals surface area contributed by atoms with Crippen molar-refractivity contribution in [2.45, 2.75) is 6.54 Å². The average Bonchev–Trinajstić information content (AvgIpc) is 3.12. The number of hydrogen-bond acceptors (Lipinski definition) is 4. The van der Waals surface area contributed by atoms with Crippen LogP contribution in [0.5, 0.6) is 0 Å². The second kappa shape index (κ2) is 7.33. The third-order valence-corrected chi connectivity index (χ3v) is 5.46. The molecule has 0 spiro atoms. The molecule has 1 aliphatic heterocycles. The van der Waals surface area contributed by atoms with E-state index in [-0.39, 0.29) is 5.82 Å². The van der Waals surface area contributed by atoms with Crippen molar-refractivity contribution in [1.82, 2.24) is 9.88 Å². The van der Waals surface area contributed by atoms with Crippen LogP contribution < -0.4 is 4.90 Å². The molecule has 1 saturated heterocycles. The Hall–Kier alpha value is -2.24. The lowest BCUT2D eigenvalue weighted by Crippen LogP contribution is -2.46. The van der Waals surface area contributed by atoms with Crippen LogP contribution in [0.25, 0.3) is 10.6 Å². The third-order valence-electron chi connectivity index (χ3n) is 4.52. The zero-order valence-electron chi connectivity index (χ0n) is 13.9. The van der Waals surface area contributed by atoms with E-state index in [1.54, 1.807) is 17.4 Å². The molecule has 3 aromatic rings. The van der Waals surface area contributed by atoms with Gasteiger partial charge in [-0.05, 0) is 12.1 Å². The maximum absolute atomic E-state index is 13.9.